The summed E-state index contributed by atoms with van der Waals surface area (Å²) in [6, 6.07) is 2.88. The van der Waals surface area contributed by atoms with Crippen LogP contribution < -0.4 is 5.56 Å². The molecule has 0 unspecified atom stereocenters. The number of hydrogen-bond acceptors (Lipinski definition) is 3. The summed E-state index contributed by atoms with van der Waals surface area (Å²) >= 11 is 0. The minimum absolute atomic E-state index is 0.00712. The molecule has 0 saturated heterocycles. The second-order valence-corrected chi connectivity index (χ2v) is 3.85. The van der Waals surface area contributed by atoms with Crippen LogP contribution in [-0.2, 0) is 4.74 Å². The van der Waals surface area contributed by atoms with Gasteiger partial charge in [-0.15, -0.1) is 0 Å². The lowest BCUT2D eigenvalue weighted by Gasteiger charge is -2.31. The van der Waals surface area contributed by atoms with E-state index in [1.165, 1.54) is 17.7 Å². The van der Waals surface area contributed by atoms with E-state index in [4.69, 9.17) is 0 Å². The predicted octanol–water partition coefficient (Wildman–Crippen LogP) is 1.31. The smallest absolute Gasteiger partial charge is 0.343 e. The molecule has 0 N–H and O–H groups in total. The zero-order chi connectivity index (χ0) is 11.7. The number of pyridine rings is 1. The predicted molar refractivity (Wildman–Crippen MR) is 55.2 cm³/mol. The first-order valence-corrected chi connectivity index (χ1v) is 5.07. The summed E-state index contributed by atoms with van der Waals surface area (Å²) < 4.78 is 18.6. The van der Waals surface area contributed by atoms with E-state index in [1.54, 1.807) is 12.3 Å². The van der Waals surface area contributed by atoms with Gasteiger partial charge in [0.15, 0.2) is 0 Å². The zero-order valence-corrected chi connectivity index (χ0v) is 8.85. The Hall–Kier alpha value is -1.65. The Bertz CT molecular complexity index is 463. The molecule has 0 radical (unpaired) electrons. The number of aromatic nitrogens is 1. The maximum Gasteiger partial charge on any atom is 0.343 e. The summed E-state index contributed by atoms with van der Waals surface area (Å²) in [4.78, 5) is 23.1. The normalized spacial score (nSPS) is 23.6. The van der Waals surface area contributed by atoms with Crippen molar-refractivity contribution in [3.63, 3.8) is 0 Å². The Morgan fingerprint density at radius 1 is 1.56 bits per heavy atom. The zero-order valence-electron chi connectivity index (χ0n) is 8.85. The largest absolute Gasteiger partial charge is 0.465 e. The maximum absolute atomic E-state index is 12.7. The number of ether oxygens (including phenoxy) is 1. The van der Waals surface area contributed by atoms with Gasteiger partial charge in [-0.1, -0.05) is 0 Å². The molecule has 1 fully saturated rings. The van der Waals surface area contributed by atoms with Gasteiger partial charge in [0, 0.05) is 12.2 Å². The summed E-state index contributed by atoms with van der Waals surface area (Å²) in [5.41, 5.74) is -0.418. The molecule has 0 aliphatic heterocycles. The van der Waals surface area contributed by atoms with Crippen molar-refractivity contribution in [2.75, 3.05) is 7.11 Å². The van der Waals surface area contributed by atoms with Gasteiger partial charge in [-0.2, -0.15) is 0 Å². The molecule has 0 aromatic carbocycles. The fraction of sp³-hybridized carbons (Fsp3) is 0.455. The topological polar surface area (TPSA) is 48.3 Å². The molecule has 86 valence electrons. The highest BCUT2D eigenvalue weighted by Crippen LogP contribution is 2.33. The van der Waals surface area contributed by atoms with Crippen molar-refractivity contribution in [3.05, 3.63) is 34.2 Å². The fourth-order valence-electron chi connectivity index (χ4n) is 1.81. The number of carbonyl (C=O) groups is 1. The van der Waals surface area contributed by atoms with Gasteiger partial charge < -0.3 is 9.30 Å². The van der Waals surface area contributed by atoms with Crippen LogP contribution in [0, 0.1) is 0 Å². The monoisotopic (exact) mass is 225 g/mol. The van der Waals surface area contributed by atoms with Crippen LogP contribution in [0.4, 0.5) is 4.39 Å². The second kappa shape index (κ2) is 4.08. The standard InChI is InChI=1S/C11H12FNO3/c1-16-11(15)9-3-2-4-13(10(9)14)8-5-7(12)6-8/h2-4,7-8H,5-6H2,1H3/t7-,8-. The Kier molecular flexibility index (Phi) is 2.77. The SMILES string of the molecule is COC(=O)c1cccn([C@H]2C[C@H](F)C2)c1=O. The third kappa shape index (κ3) is 1.73. The summed E-state index contributed by atoms with van der Waals surface area (Å²) in [5, 5.41) is 0. The van der Waals surface area contributed by atoms with Crippen molar-refractivity contribution in [2.45, 2.75) is 25.1 Å². The van der Waals surface area contributed by atoms with Crippen molar-refractivity contribution < 1.29 is 13.9 Å². The summed E-state index contributed by atoms with van der Waals surface area (Å²) in [6.45, 7) is 0. The molecule has 1 aromatic rings. The van der Waals surface area contributed by atoms with Crippen LogP contribution >= 0.6 is 0 Å². The minimum Gasteiger partial charge on any atom is -0.465 e. The maximum atomic E-state index is 12.7. The number of methoxy groups -OCH3 is 1. The average Bonchev–Trinajstić information content (AvgIpc) is 2.25. The highest BCUT2D eigenvalue weighted by atomic mass is 19.1. The Labute approximate surface area is 91.6 Å². The molecule has 1 heterocycles. The van der Waals surface area contributed by atoms with E-state index < -0.39 is 17.7 Å². The van der Waals surface area contributed by atoms with Crippen LogP contribution in [-0.4, -0.2) is 23.8 Å². The van der Waals surface area contributed by atoms with E-state index in [1.807, 2.05) is 0 Å². The van der Waals surface area contributed by atoms with Crippen molar-refractivity contribution in [3.8, 4) is 0 Å². The second-order valence-electron chi connectivity index (χ2n) is 3.85. The van der Waals surface area contributed by atoms with Crippen molar-refractivity contribution in [2.24, 2.45) is 0 Å². The quantitative estimate of drug-likeness (QED) is 0.713. The highest BCUT2D eigenvalue weighted by Gasteiger charge is 2.31. The van der Waals surface area contributed by atoms with Gasteiger partial charge in [0.05, 0.1) is 7.11 Å². The van der Waals surface area contributed by atoms with Gasteiger partial charge in [0.1, 0.15) is 11.7 Å². The molecule has 0 atom stereocenters. The summed E-state index contributed by atoms with van der Waals surface area (Å²) in [6.07, 6.45) is 1.42. The van der Waals surface area contributed by atoms with Gasteiger partial charge >= 0.3 is 5.97 Å². The van der Waals surface area contributed by atoms with E-state index in [0.717, 1.165) is 0 Å². The molecule has 4 nitrogen and oxygen atoms in total. The molecule has 16 heavy (non-hydrogen) atoms. The van der Waals surface area contributed by atoms with Crippen molar-refractivity contribution >= 4 is 5.97 Å². The number of halogens is 1. The van der Waals surface area contributed by atoms with Gasteiger partial charge in [-0.3, -0.25) is 4.79 Å². The lowest BCUT2D eigenvalue weighted by Crippen LogP contribution is -2.36. The highest BCUT2D eigenvalue weighted by molar-refractivity contribution is 5.88. The van der Waals surface area contributed by atoms with Crippen LogP contribution in [0.25, 0.3) is 0 Å². The Balaban J connectivity index is 2.34. The average molecular weight is 225 g/mol. The van der Waals surface area contributed by atoms with Gasteiger partial charge in [-0.25, -0.2) is 9.18 Å². The number of alkyl halides is 1. The number of rotatable bonds is 2. The van der Waals surface area contributed by atoms with E-state index in [-0.39, 0.29) is 11.6 Å². The van der Waals surface area contributed by atoms with Crippen LogP contribution in [0.3, 0.4) is 0 Å². The Morgan fingerprint density at radius 3 is 2.81 bits per heavy atom. The Morgan fingerprint density at radius 2 is 2.25 bits per heavy atom. The third-order valence-corrected chi connectivity index (χ3v) is 2.83. The number of nitrogens with zero attached hydrogens (tertiary/aromatic N) is 1. The molecule has 1 aliphatic rings. The van der Waals surface area contributed by atoms with Crippen molar-refractivity contribution in [1.29, 1.82) is 0 Å². The van der Waals surface area contributed by atoms with Crippen LogP contribution in [0.1, 0.15) is 29.2 Å². The summed E-state index contributed by atoms with van der Waals surface area (Å²) in [5.74, 6) is -0.657. The number of esters is 1. The van der Waals surface area contributed by atoms with Gasteiger partial charge in [0.2, 0.25) is 0 Å². The molecule has 0 amide bonds. The van der Waals surface area contributed by atoms with E-state index in [9.17, 15) is 14.0 Å². The van der Waals surface area contributed by atoms with Gasteiger partial charge in [-0.05, 0) is 25.0 Å². The van der Waals surface area contributed by atoms with Crippen molar-refractivity contribution in [1.82, 2.24) is 4.57 Å². The fourth-order valence-corrected chi connectivity index (χ4v) is 1.81. The first-order valence-electron chi connectivity index (χ1n) is 5.07. The number of hydrogen-bond donors (Lipinski definition) is 0. The lowest BCUT2D eigenvalue weighted by atomic mass is 9.90. The first kappa shape index (κ1) is 10.9. The molecule has 5 heteroatoms. The molecule has 1 saturated carbocycles. The number of carbonyl (C=O) groups excluding carboxylic acids is 1. The molecule has 0 bridgehead atoms. The molecule has 1 aliphatic carbocycles. The summed E-state index contributed by atoms with van der Waals surface area (Å²) in [7, 11) is 1.22. The van der Waals surface area contributed by atoms with Crippen LogP contribution in [0.2, 0.25) is 0 Å². The molecular formula is C11H12FNO3. The van der Waals surface area contributed by atoms with Crippen LogP contribution in [0.5, 0.6) is 0 Å². The molecular weight excluding hydrogens is 213 g/mol. The molecule has 0 spiro atoms. The van der Waals surface area contributed by atoms with E-state index in [0.29, 0.717) is 12.8 Å². The van der Waals surface area contributed by atoms with E-state index in [2.05, 4.69) is 4.74 Å². The third-order valence-electron chi connectivity index (χ3n) is 2.83. The van der Waals surface area contributed by atoms with Crippen LogP contribution in [0.15, 0.2) is 23.1 Å². The van der Waals surface area contributed by atoms with E-state index >= 15 is 0 Å². The minimum atomic E-state index is -0.835. The molecule has 2 rings (SSSR count). The lowest BCUT2D eigenvalue weighted by molar-refractivity contribution is 0.0596. The van der Waals surface area contributed by atoms with Gasteiger partial charge in [0.25, 0.3) is 5.56 Å². The first-order chi connectivity index (χ1) is 7.63. The molecule has 1 aromatic heterocycles.